The van der Waals surface area contributed by atoms with E-state index in [2.05, 4.69) is 163 Å². The third-order valence-corrected chi connectivity index (χ3v) is 7.05. The fraction of sp³-hybridized carbons (Fsp3) is 0.179. The summed E-state index contributed by atoms with van der Waals surface area (Å²) in [6, 6.07) is 43.6. The maximum Gasteiger partial charge on any atom is 2.00 e. The van der Waals surface area contributed by atoms with Gasteiger partial charge in [-0.3, -0.25) is 0 Å². The fourth-order valence-corrected chi connectivity index (χ4v) is 4.92. The van der Waals surface area contributed by atoms with Crippen LogP contribution in [0.1, 0.15) is 57.1 Å². The zero-order chi connectivity index (χ0) is 27.8. The predicted molar refractivity (Wildman–Crippen MR) is 173 cm³/mol. The molecule has 6 aromatic carbocycles. The van der Waals surface area contributed by atoms with Gasteiger partial charge in [0, 0.05) is 0 Å². The summed E-state index contributed by atoms with van der Waals surface area (Å²) in [6.45, 7) is 15.7. The van der Waals surface area contributed by atoms with Crippen molar-refractivity contribution in [3.8, 4) is 22.3 Å². The molecule has 218 valence electrons. The van der Waals surface area contributed by atoms with Crippen molar-refractivity contribution in [1.82, 2.24) is 0 Å². The summed E-state index contributed by atoms with van der Waals surface area (Å²) in [5.74, 6) is 1.17. The number of hydrogen-bond acceptors (Lipinski definition) is 0. The van der Waals surface area contributed by atoms with Crippen LogP contribution in [0.4, 0.5) is 0 Å². The van der Waals surface area contributed by atoms with Crippen LogP contribution in [0, 0.1) is 13.8 Å². The average Bonchev–Trinajstić information content (AvgIpc) is 3.60. The summed E-state index contributed by atoms with van der Waals surface area (Å²) >= 11 is 0. The van der Waals surface area contributed by atoms with Crippen molar-refractivity contribution in [2.75, 3.05) is 0 Å². The van der Waals surface area contributed by atoms with Gasteiger partial charge in [0.15, 0.2) is 0 Å². The van der Waals surface area contributed by atoms with Crippen LogP contribution in [0.3, 0.4) is 0 Å². The smallest absolute Gasteiger partial charge is 1.00 e. The molecular formula is C39H40Cl2Zr-4. The van der Waals surface area contributed by atoms with E-state index < -0.39 is 0 Å². The molecule has 0 aromatic heterocycles. The van der Waals surface area contributed by atoms with Gasteiger partial charge < -0.3 is 45.1 Å². The van der Waals surface area contributed by atoms with E-state index in [1.807, 2.05) is 0 Å². The van der Waals surface area contributed by atoms with Crippen LogP contribution in [0.2, 0.25) is 0 Å². The van der Waals surface area contributed by atoms with Crippen LogP contribution >= 0.6 is 0 Å². The van der Waals surface area contributed by atoms with Crippen LogP contribution in [0.15, 0.2) is 121 Å². The first-order chi connectivity index (χ1) is 18.9. The van der Waals surface area contributed by atoms with Gasteiger partial charge in [-0.15, -0.1) is 69.1 Å². The molecule has 42 heavy (non-hydrogen) atoms. The molecule has 3 heteroatoms. The topological polar surface area (TPSA) is 0 Å². The van der Waals surface area contributed by atoms with Crippen molar-refractivity contribution in [3.05, 3.63) is 146 Å². The van der Waals surface area contributed by atoms with E-state index in [-0.39, 0.29) is 51.0 Å². The van der Waals surface area contributed by atoms with Crippen molar-refractivity contribution >= 4 is 21.5 Å². The first kappa shape index (κ1) is 37.6. The standard InChI is InChI=1S/2C18H17.C3H6.2ClH.Zr/c2*1-13(2)16-11-15-9-6-10-17(18(15)12-16)14-7-4-3-5-8-14;1-3-2;;;/h2*3-13H,1-2H3;1-3H2;2*1H;/q2*-1;-2;;;+2/p-2. The van der Waals surface area contributed by atoms with Gasteiger partial charge in [0.1, 0.15) is 0 Å². The van der Waals surface area contributed by atoms with Gasteiger partial charge in [-0.2, -0.15) is 12.1 Å². The minimum absolute atomic E-state index is 0. The van der Waals surface area contributed by atoms with Crippen LogP contribution in [0.25, 0.3) is 43.8 Å². The van der Waals surface area contributed by atoms with Crippen molar-refractivity contribution in [2.24, 2.45) is 0 Å². The number of hydrogen-bond donors (Lipinski definition) is 0. The molecule has 0 amide bonds. The molecular weight excluding hydrogens is 631 g/mol. The van der Waals surface area contributed by atoms with E-state index in [9.17, 15) is 0 Å². The van der Waals surface area contributed by atoms with Crippen LogP contribution in [0.5, 0.6) is 0 Å². The third kappa shape index (κ3) is 9.28. The van der Waals surface area contributed by atoms with Crippen molar-refractivity contribution in [1.29, 1.82) is 0 Å². The van der Waals surface area contributed by atoms with Crippen molar-refractivity contribution in [2.45, 2.75) is 46.0 Å². The fourth-order valence-electron chi connectivity index (χ4n) is 4.92. The van der Waals surface area contributed by atoms with Crippen LogP contribution in [-0.2, 0) is 26.2 Å². The van der Waals surface area contributed by atoms with Crippen LogP contribution in [-0.4, -0.2) is 0 Å². The first-order valence-corrected chi connectivity index (χ1v) is 14.0. The zero-order valence-corrected chi connectivity index (χ0v) is 29.0. The molecule has 0 saturated heterocycles. The van der Waals surface area contributed by atoms with E-state index in [0.717, 1.165) is 6.42 Å². The second-order valence-electron chi connectivity index (χ2n) is 10.6. The number of halogens is 2. The van der Waals surface area contributed by atoms with Gasteiger partial charge in [-0.05, 0) is 23.0 Å². The Balaban J connectivity index is 0.000000361. The molecule has 6 aromatic rings. The van der Waals surface area contributed by atoms with Gasteiger partial charge in [0.2, 0.25) is 0 Å². The van der Waals surface area contributed by atoms with Crippen molar-refractivity contribution in [3.63, 3.8) is 0 Å². The normalized spacial score (nSPS) is 10.1. The van der Waals surface area contributed by atoms with Gasteiger partial charge in [0.25, 0.3) is 0 Å². The molecule has 0 bridgehead atoms. The third-order valence-electron chi connectivity index (χ3n) is 7.05. The van der Waals surface area contributed by atoms with Gasteiger partial charge in [-0.25, -0.2) is 0 Å². The molecule has 0 spiro atoms. The molecule has 0 fully saturated rings. The first-order valence-electron chi connectivity index (χ1n) is 14.0. The Labute approximate surface area is 285 Å². The monoisotopic (exact) mass is 668 g/mol. The SMILES string of the molecule is CC(C)c1cc2c(-c3ccccc3)cccc2[cH-]1.CC(C)c1cc2c(-c3ccccc3)cccc2[cH-]1.[CH2-]C[CH2-].[Cl-].[Cl-].[Zr+2]. The van der Waals surface area contributed by atoms with Gasteiger partial charge >= 0.3 is 26.2 Å². The number of rotatable bonds is 4. The molecule has 0 radical (unpaired) electrons. The summed E-state index contributed by atoms with van der Waals surface area (Å²) in [4.78, 5) is 0. The molecule has 0 unspecified atom stereocenters. The molecule has 0 nitrogen and oxygen atoms in total. The molecule has 0 aliphatic rings. The Hall–Kier alpha value is -2.44. The summed E-state index contributed by atoms with van der Waals surface area (Å²) in [6.07, 6.45) is 0.750. The summed E-state index contributed by atoms with van der Waals surface area (Å²) in [7, 11) is 0. The van der Waals surface area contributed by atoms with E-state index in [1.54, 1.807) is 0 Å². The number of benzene rings is 4. The van der Waals surface area contributed by atoms with Gasteiger partial charge in [-0.1, -0.05) is 112 Å². The summed E-state index contributed by atoms with van der Waals surface area (Å²) in [5, 5.41) is 5.43. The quantitative estimate of drug-likeness (QED) is 0.210. The van der Waals surface area contributed by atoms with Crippen molar-refractivity contribution < 1.29 is 51.0 Å². The Morgan fingerprint density at radius 2 is 0.857 bits per heavy atom. The molecule has 0 heterocycles. The second kappa shape index (κ2) is 18.3. The molecule has 6 rings (SSSR count). The molecule has 0 N–H and O–H groups in total. The Bertz CT molecular complexity index is 1470. The largest absolute Gasteiger partial charge is 2.00 e. The summed E-state index contributed by atoms with van der Waals surface area (Å²) in [5.41, 5.74) is 8.11. The minimum atomic E-state index is 0. The van der Waals surface area contributed by atoms with E-state index in [0.29, 0.717) is 11.8 Å². The maximum atomic E-state index is 3.38. The molecule has 0 aliphatic carbocycles. The Morgan fingerprint density at radius 3 is 1.17 bits per heavy atom. The maximum absolute atomic E-state index is 3.38. The Kier molecular flexibility index (Phi) is 16.4. The number of fused-ring (bicyclic) bond motifs is 2. The summed E-state index contributed by atoms with van der Waals surface area (Å²) < 4.78 is 0. The molecule has 0 aliphatic heterocycles. The van der Waals surface area contributed by atoms with E-state index >= 15 is 0 Å². The second-order valence-corrected chi connectivity index (χ2v) is 10.6. The predicted octanol–water partition coefficient (Wildman–Crippen LogP) is 5.75. The molecule has 0 saturated carbocycles. The Morgan fingerprint density at radius 1 is 0.524 bits per heavy atom. The molecule has 0 atom stereocenters. The average molecular weight is 671 g/mol. The van der Waals surface area contributed by atoms with E-state index in [1.165, 1.54) is 54.9 Å². The van der Waals surface area contributed by atoms with Crippen LogP contribution < -0.4 is 24.8 Å². The van der Waals surface area contributed by atoms with E-state index in [4.69, 9.17) is 0 Å². The minimum Gasteiger partial charge on any atom is -1.00 e. The zero-order valence-electron chi connectivity index (χ0n) is 25.1. The van der Waals surface area contributed by atoms with Gasteiger partial charge in [0.05, 0.1) is 0 Å².